The first-order valence-electron chi connectivity index (χ1n) is 9.67. The van der Waals surface area contributed by atoms with Crippen LogP contribution in [-0.4, -0.2) is 14.3 Å². The number of amides is 1. The van der Waals surface area contributed by atoms with E-state index in [4.69, 9.17) is 0 Å². The van der Waals surface area contributed by atoms with E-state index >= 15 is 0 Å². The Hall–Kier alpha value is -3.12. The van der Waals surface area contributed by atoms with E-state index in [0.717, 1.165) is 27.9 Å². The molecule has 0 heterocycles. The van der Waals surface area contributed by atoms with Gasteiger partial charge in [-0.15, -0.1) is 0 Å². The van der Waals surface area contributed by atoms with Crippen molar-refractivity contribution in [3.63, 3.8) is 0 Å². The quantitative estimate of drug-likeness (QED) is 0.587. The molecular formula is C24H26N2O3S. The Labute approximate surface area is 178 Å². The van der Waals surface area contributed by atoms with Crippen molar-refractivity contribution >= 4 is 27.3 Å². The zero-order valence-corrected chi connectivity index (χ0v) is 18.6. The second-order valence-electron chi connectivity index (χ2n) is 7.61. The van der Waals surface area contributed by atoms with Gasteiger partial charge in [0.1, 0.15) is 0 Å². The normalized spacial score (nSPS) is 11.2. The highest BCUT2D eigenvalue weighted by molar-refractivity contribution is 7.92. The van der Waals surface area contributed by atoms with Gasteiger partial charge in [-0.1, -0.05) is 30.3 Å². The number of hydrogen-bond donors (Lipinski definition) is 2. The lowest BCUT2D eigenvalue weighted by Gasteiger charge is -2.14. The fraction of sp³-hybridized carbons (Fsp3) is 0.208. The monoisotopic (exact) mass is 422 g/mol. The third-order valence-corrected chi connectivity index (χ3v) is 6.74. The lowest BCUT2D eigenvalue weighted by Crippen LogP contribution is -2.18. The van der Waals surface area contributed by atoms with Crippen LogP contribution in [0.3, 0.4) is 0 Å². The van der Waals surface area contributed by atoms with Gasteiger partial charge in [0.2, 0.25) is 0 Å². The maximum absolute atomic E-state index is 13.0. The molecule has 0 fully saturated rings. The summed E-state index contributed by atoms with van der Waals surface area (Å²) in [4.78, 5) is 12.9. The Kier molecular flexibility index (Phi) is 5.99. The van der Waals surface area contributed by atoms with Crippen molar-refractivity contribution in [2.75, 3.05) is 10.0 Å². The third-order valence-electron chi connectivity index (χ3n) is 5.22. The fourth-order valence-corrected chi connectivity index (χ4v) is 4.56. The lowest BCUT2D eigenvalue weighted by molar-refractivity contribution is 0.102. The van der Waals surface area contributed by atoms with Crippen molar-refractivity contribution in [1.29, 1.82) is 0 Å². The molecule has 0 aliphatic heterocycles. The van der Waals surface area contributed by atoms with E-state index in [1.54, 1.807) is 31.2 Å². The number of sulfonamides is 1. The van der Waals surface area contributed by atoms with Crippen LogP contribution in [0, 0.1) is 34.6 Å². The standard InChI is InChI=1S/C24H26N2O3S/c1-15-10-12-21(13-19(15)5)26-30(28,29)22-14-20(11-9-16(22)2)24(27)25-23-17(3)7-6-8-18(23)4/h6-14,26H,1-5H3,(H,25,27). The van der Waals surface area contributed by atoms with Gasteiger partial charge in [-0.2, -0.15) is 0 Å². The number of carbonyl (C=O) groups is 1. The molecule has 30 heavy (non-hydrogen) atoms. The van der Waals surface area contributed by atoms with Crippen LogP contribution in [0.1, 0.15) is 38.2 Å². The van der Waals surface area contributed by atoms with Gasteiger partial charge in [-0.25, -0.2) is 8.42 Å². The molecule has 0 unspecified atom stereocenters. The van der Waals surface area contributed by atoms with Crippen LogP contribution in [-0.2, 0) is 10.0 Å². The largest absolute Gasteiger partial charge is 0.322 e. The summed E-state index contributed by atoms with van der Waals surface area (Å²) in [6, 6.07) is 15.8. The highest BCUT2D eigenvalue weighted by Crippen LogP contribution is 2.24. The summed E-state index contributed by atoms with van der Waals surface area (Å²) in [6.07, 6.45) is 0. The van der Waals surface area contributed by atoms with E-state index in [-0.39, 0.29) is 16.4 Å². The summed E-state index contributed by atoms with van der Waals surface area (Å²) >= 11 is 0. The Bertz CT molecular complexity index is 1210. The van der Waals surface area contributed by atoms with Crippen molar-refractivity contribution in [3.05, 3.63) is 88.0 Å². The molecule has 0 aromatic heterocycles. The van der Waals surface area contributed by atoms with E-state index in [1.165, 1.54) is 6.07 Å². The van der Waals surface area contributed by atoms with Crippen LogP contribution in [0.25, 0.3) is 0 Å². The zero-order chi connectivity index (χ0) is 22.1. The summed E-state index contributed by atoms with van der Waals surface area (Å²) < 4.78 is 28.7. The number of para-hydroxylation sites is 1. The first kappa shape index (κ1) is 21.6. The number of rotatable bonds is 5. The topological polar surface area (TPSA) is 75.3 Å². The minimum Gasteiger partial charge on any atom is -0.322 e. The SMILES string of the molecule is Cc1ccc(NS(=O)(=O)c2cc(C(=O)Nc3c(C)cccc3C)ccc2C)cc1C. The van der Waals surface area contributed by atoms with E-state index in [2.05, 4.69) is 10.0 Å². The molecule has 6 heteroatoms. The Morgan fingerprint density at radius 2 is 1.37 bits per heavy atom. The predicted molar refractivity (Wildman–Crippen MR) is 122 cm³/mol. The minimum absolute atomic E-state index is 0.0786. The van der Waals surface area contributed by atoms with Crippen LogP contribution in [0.4, 0.5) is 11.4 Å². The summed E-state index contributed by atoms with van der Waals surface area (Å²) in [5, 5.41) is 2.90. The molecule has 3 aromatic carbocycles. The molecular weight excluding hydrogens is 396 g/mol. The van der Waals surface area contributed by atoms with E-state index in [0.29, 0.717) is 11.3 Å². The summed E-state index contributed by atoms with van der Waals surface area (Å²) in [7, 11) is -3.85. The Morgan fingerprint density at radius 1 is 0.733 bits per heavy atom. The molecule has 0 radical (unpaired) electrons. The van der Waals surface area contributed by atoms with Gasteiger partial charge in [0.05, 0.1) is 4.90 Å². The van der Waals surface area contributed by atoms with Crippen LogP contribution in [0.15, 0.2) is 59.5 Å². The van der Waals surface area contributed by atoms with Crippen molar-refractivity contribution in [2.45, 2.75) is 39.5 Å². The summed E-state index contributed by atoms with van der Waals surface area (Å²) in [5.41, 5.74) is 6.04. The maximum atomic E-state index is 13.0. The van der Waals surface area contributed by atoms with Gasteiger partial charge in [0.15, 0.2) is 0 Å². The molecule has 156 valence electrons. The van der Waals surface area contributed by atoms with Crippen molar-refractivity contribution in [3.8, 4) is 0 Å². The average Bonchev–Trinajstić information content (AvgIpc) is 2.67. The van der Waals surface area contributed by atoms with Gasteiger partial charge in [0, 0.05) is 16.9 Å². The lowest BCUT2D eigenvalue weighted by atomic mass is 10.1. The van der Waals surface area contributed by atoms with Crippen molar-refractivity contribution in [2.24, 2.45) is 0 Å². The first-order valence-corrected chi connectivity index (χ1v) is 11.1. The number of aryl methyl sites for hydroxylation is 5. The maximum Gasteiger partial charge on any atom is 0.262 e. The molecule has 1 amide bonds. The predicted octanol–water partition coefficient (Wildman–Crippen LogP) is 5.28. The summed E-state index contributed by atoms with van der Waals surface area (Å²) in [6.45, 7) is 9.44. The molecule has 0 aliphatic rings. The second-order valence-corrected chi connectivity index (χ2v) is 9.26. The van der Waals surface area contributed by atoms with Crippen molar-refractivity contribution < 1.29 is 13.2 Å². The Morgan fingerprint density at radius 3 is 2.00 bits per heavy atom. The number of anilines is 2. The number of nitrogens with one attached hydrogen (secondary N) is 2. The van der Waals surface area contributed by atoms with Gasteiger partial charge in [-0.3, -0.25) is 9.52 Å². The highest BCUT2D eigenvalue weighted by Gasteiger charge is 2.20. The molecule has 5 nitrogen and oxygen atoms in total. The Balaban J connectivity index is 1.92. The molecule has 3 aromatic rings. The van der Waals surface area contributed by atoms with Crippen LogP contribution in [0.5, 0.6) is 0 Å². The highest BCUT2D eigenvalue weighted by atomic mass is 32.2. The smallest absolute Gasteiger partial charge is 0.262 e. The molecule has 0 bridgehead atoms. The van der Waals surface area contributed by atoms with Gasteiger partial charge >= 0.3 is 0 Å². The van der Waals surface area contributed by atoms with Gasteiger partial charge in [-0.05, 0) is 86.7 Å². The first-order chi connectivity index (χ1) is 14.1. The number of benzene rings is 3. The van der Waals surface area contributed by atoms with Crippen LogP contribution < -0.4 is 10.0 Å². The van der Waals surface area contributed by atoms with Crippen molar-refractivity contribution in [1.82, 2.24) is 0 Å². The zero-order valence-electron chi connectivity index (χ0n) is 17.8. The van der Waals surface area contributed by atoms with Crippen LogP contribution in [0.2, 0.25) is 0 Å². The molecule has 0 spiro atoms. The van der Waals surface area contributed by atoms with Gasteiger partial charge in [0.25, 0.3) is 15.9 Å². The van der Waals surface area contributed by atoms with E-state index in [1.807, 2.05) is 52.0 Å². The van der Waals surface area contributed by atoms with E-state index in [9.17, 15) is 13.2 Å². The fourth-order valence-electron chi connectivity index (χ4n) is 3.24. The molecule has 2 N–H and O–H groups in total. The molecule has 0 saturated heterocycles. The van der Waals surface area contributed by atoms with E-state index < -0.39 is 10.0 Å². The molecule has 3 rings (SSSR count). The summed E-state index contributed by atoms with van der Waals surface area (Å²) in [5.74, 6) is -0.352. The molecule has 0 aliphatic carbocycles. The number of carbonyl (C=O) groups excluding carboxylic acids is 1. The average molecular weight is 423 g/mol. The second kappa shape index (κ2) is 8.32. The number of hydrogen-bond acceptors (Lipinski definition) is 3. The minimum atomic E-state index is -3.85. The van der Waals surface area contributed by atoms with Gasteiger partial charge < -0.3 is 5.32 Å². The molecule has 0 atom stereocenters. The third kappa shape index (κ3) is 4.54. The van der Waals surface area contributed by atoms with Crippen LogP contribution >= 0.6 is 0 Å². The molecule has 0 saturated carbocycles.